The lowest BCUT2D eigenvalue weighted by Gasteiger charge is -2.35. The quantitative estimate of drug-likeness (QED) is 0.851. The normalized spacial score (nSPS) is 19.4. The summed E-state index contributed by atoms with van der Waals surface area (Å²) >= 11 is 5.89. The van der Waals surface area contributed by atoms with Crippen LogP contribution >= 0.6 is 11.6 Å². The summed E-state index contributed by atoms with van der Waals surface area (Å²) in [5.74, 6) is 1.91. The number of para-hydroxylation sites is 1. The van der Waals surface area contributed by atoms with Gasteiger partial charge in [0.05, 0.1) is 18.1 Å². The third-order valence-electron chi connectivity index (χ3n) is 5.02. The molecule has 27 heavy (non-hydrogen) atoms. The molecule has 2 aromatic rings. The number of halogens is 1. The first-order valence-electron chi connectivity index (χ1n) is 9.27. The average Bonchev–Trinajstić information content (AvgIpc) is 3.11. The monoisotopic (exact) mass is 386 g/mol. The van der Waals surface area contributed by atoms with Gasteiger partial charge in [-0.15, -0.1) is 0 Å². The number of aromatic nitrogens is 1. The van der Waals surface area contributed by atoms with Gasteiger partial charge in [-0.1, -0.05) is 29.8 Å². The van der Waals surface area contributed by atoms with Gasteiger partial charge in [0.1, 0.15) is 17.7 Å². The zero-order chi connectivity index (χ0) is 18.6. The Balaban J connectivity index is 1.18. The highest BCUT2D eigenvalue weighted by molar-refractivity contribution is 6.30. The van der Waals surface area contributed by atoms with Crippen LogP contribution in [0.1, 0.15) is 5.56 Å². The number of ether oxygens (including phenoxy) is 1. The van der Waals surface area contributed by atoms with Crippen LogP contribution in [0.2, 0.25) is 5.02 Å². The van der Waals surface area contributed by atoms with Crippen LogP contribution in [-0.2, 0) is 11.2 Å². The largest absolute Gasteiger partial charge is 0.488 e. The molecule has 142 valence electrons. The van der Waals surface area contributed by atoms with Crippen molar-refractivity contribution in [1.82, 2.24) is 15.2 Å². The van der Waals surface area contributed by atoms with Crippen molar-refractivity contribution >= 4 is 23.3 Å². The van der Waals surface area contributed by atoms with E-state index < -0.39 is 0 Å². The lowest BCUT2D eigenvalue weighted by molar-refractivity contribution is -0.122. The van der Waals surface area contributed by atoms with Gasteiger partial charge in [0, 0.05) is 38.8 Å². The highest BCUT2D eigenvalue weighted by atomic mass is 35.5. The van der Waals surface area contributed by atoms with E-state index in [4.69, 9.17) is 16.3 Å². The predicted octanol–water partition coefficient (Wildman–Crippen LogP) is 1.98. The Kier molecular flexibility index (Phi) is 5.45. The van der Waals surface area contributed by atoms with Crippen LogP contribution in [0.4, 0.5) is 5.82 Å². The van der Waals surface area contributed by atoms with E-state index >= 15 is 0 Å². The second-order valence-corrected chi connectivity index (χ2v) is 7.39. The van der Waals surface area contributed by atoms with Crippen molar-refractivity contribution in [2.24, 2.45) is 0 Å². The molecule has 1 saturated heterocycles. The third-order valence-corrected chi connectivity index (χ3v) is 5.24. The summed E-state index contributed by atoms with van der Waals surface area (Å²) in [6, 6.07) is 11.8. The van der Waals surface area contributed by atoms with Crippen molar-refractivity contribution in [3.63, 3.8) is 0 Å². The summed E-state index contributed by atoms with van der Waals surface area (Å²) in [7, 11) is 0. The second kappa shape index (κ2) is 8.15. The van der Waals surface area contributed by atoms with E-state index in [0.717, 1.165) is 44.2 Å². The van der Waals surface area contributed by atoms with Gasteiger partial charge < -0.3 is 15.0 Å². The number of amides is 1. The molecule has 2 aliphatic heterocycles. The molecule has 0 bridgehead atoms. The second-order valence-electron chi connectivity index (χ2n) is 6.95. The van der Waals surface area contributed by atoms with Gasteiger partial charge in [0.25, 0.3) is 0 Å². The summed E-state index contributed by atoms with van der Waals surface area (Å²) in [4.78, 5) is 21.0. The van der Waals surface area contributed by atoms with Gasteiger partial charge in [-0.25, -0.2) is 4.98 Å². The highest BCUT2D eigenvalue weighted by Crippen LogP contribution is 2.27. The number of pyridine rings is 1. The van der Waals surface area contributed by atoms with Gasteiger partial charge in [-0.05, 0) is 23.8 Å². The summed E-state index contributed by atoms with van der Waals surface area (Å²) in [5.41, 5.74) is 1.21. The third kappa shape index (κ3) is 4.51. The Morgan fingerprint density at radius 3 is 2.74 bits per heavy atom. The molecule has 1 aromatic carbocycles. The molecule has 1 aromatic heterocycles. The molecule has 1 atom stereocenters. The van der Waals surface area contributed by atoms with Crippen LogP contribution in [0.3, 0.4) is 0 Å². The summed E-state index contributed by atoms with van der Waals surface area (Å²) < 4.78 is 5.87. The Bertz CT molecular complexity index is 766. The van der Waals surface area contributed by atoms with E-state index in [0.29, 0.717) is 18.1 Å². The van der Waals surface area contributed by atoms with E-state index in [1.807, 2.05) is 30.3 Å². The molecular formula is C20H23ClN4O2. The van der Waals surface area contributed by atoms with E-state index in [1.165, 1.54) is 5.56 Å². The minimum atomic E-state index is 0.0270. The number of hydrogen-bond donors (Lipinski definition) is 1. The van der Waals surface area contributed by atoms with E-state index in [9.17, 15) is 4.79 Å². The Labute approximate surface area is 164 Å². The summed E-state index contributed by atoms with van der Waals surface area (Å²) in [6.07, 6.45) is 2.54. The average molecular weight is 387 g/mol. The smallest absolute Gasteiger partial charge is 0.234 e. The number of carbonyl (C=O) groups is 1. The fraction of sp³-hybridized carbons (Fsp3) is 0.400. The molecule has 2 aliphatic rings. The lowest BCUT2D eigenvalue weighted by Crippen LogP contribution is -2.50. The molecular weight excluding hydrogens is 364 g/mol. The van der Waals surface area contributed by atoms with Crippen LogP contribution in [0.25, 0.3) is 0 Å². The molecule has 1 amide bonds. The van der Waals surface area contributed by atoms with E-state index in [-0.39, 0.29) is 12.0 Å². The van der Waals surface area contributed by atoms with Crippen molar-refractivity contribution in [2.75, 3.05) is 44.2 Å². The topological polar surface area (TPSA) is 57.7 Å². The Hall–Kier alpha value is -2.31. The number of rotatable bonds is 5. The number of carbonyl (C=O) groups excluding carboxylic acids is 1. The maximum atomic E-state index is 12.3. The molecule has 3 heterocycles. The zero-order valence-electron chi connectivity index (χ0n) is 15.1. The fourth-order valence-corrected chi connectivity index (χ4v) is 3.66. The van der Waals surface area contributed by atoms with Crippen molar-refractivity contribution in [1.29, 1.82) is 0 Å². The van der Waals surface area contributed by atoms with Gasteiger partial charge in [-0.3, -0.25) is 9.69 Å². The molecule has 0 radical (unpaired) electrons. The molecule has 7 heteroatoms. The molecule has 4 rings (SSSR count). The number of anilines is 1. The van der Waals surface area contributed by atoms with Crippen LogP contribution in [0.5, 0.6) is 5.75 Å². The number of nitrogens with one attached hydrogen (secondary N) is 1. The van der Waals surface area contributed by atoms with Gasteiger partial charge in [0.2, 0.25) is 5.91 Å². The predicted molar refractivity (Wildman–Crippen MR) is 105 cm³/mol. The van der Waals surface area contributed by atoms with Gasteiger partial charge >= 0.3 is 0 Å². The highest BCUT2D eigenvalue weighted by Gasteiger charge is 2.24. The SMILES string of the molecule is O=C(CN1CCN(c2ccc(Cl)cn2)CC1)NCC1Cc2ccccc2O1. The Morgan fingerprint density at radius 2 is 2.00 bits per heavy atom. The molecule has 0 saturated carbocycles. The standard InChI is InChI=1S/C20H23ClN4O2/c21-16-5-6-19(22-12-16)25-9-7-24(8-10-25)14-20(26)23-13-17-11-15-3-1-2-4-18(15)27-17/h1-6,12,17H,7-11,13-14H2,(H,23,26). The number of benzene rings is 1. The van der Waals surface area contributed by atoms with Gasteiger partial charge in [0.15, 0.2) is 0 Å². The lowest BCUT2D eigenvalue weighted by atomic mass is 10.1. The number of nitrogens with zero attached hydrogens (tertiary/aromatic N) is 3. The molecule has 1 fully saturated rings. The van der Waals surface area contributed by atoms with Crippen molar-refractivity contribution in [2.45, 2.75) is 12.5 Å². The van der Waals surface area contributed by atoms with Crippen molar-refractivity contribution in [3.05, 3.63) is 53.2 Å². The van der Waals surface area contributed by atoms with E-state index in [2.05, 4.69) is 26.2 Å². The molecule has 1 N–H and O–H groups in total. The maximum absolute atomic E-state index is 12.3. The van der Waals surface area contributed by atoms with Crippen molar-refractivity contribution < 1.29 is 9.53 Å². The van der Waals surface area contributed by atoms with Crippen LogP contribution in [-0.4, -0.2) is 61.2 Å². The first-order chi connectivity index (χ1) is 13.2. The van der Waals surface area contributed by atoms with Crippen LogP contribution in [0.15, 0.2) is 42.6 Å². The van der Waals surface area contributed by atoms with Crippen molar-refractivity contribution in [3.8, 4) is 5.75 Å². The minimum Gasteiger partial charge on any atom is -0.488 e. The first kappa shape index (κ1) is 18.1. The molecule has 1 unspecified atom stereocenters. The maximum Gasteiger partial charge on any atom is 0.234 e. The van der Waals surface area contributed by atoms with E-state index in [1.54, 1.807) is 6.20 Å². The Morgan fingerprint density at radius 1 is 1.19 bits per heavy atom. The zero-order valence-corrected chi connectivity index (χ0v) is 15.9. The molecule has 0 spiro atoms. The summed E-state index contributed by atoms with van der Waals surface area (Å²) in [6.45, 7) is 4.34. The van der Waals surface area contributed by atoms with Gasteiger partial charge in [-0.2, -0.15) is 0 Å². The van der Waals surface area contributed by atoms with Crippen LogP contribution < -0.4 is 15.0 Å². The number of fused-ring (bicyclic) bond motifs is 1. The number of piperazine rings is 1. The first-order valence-corrected chi connectivity index (χ1v) is 9.65. The van der Waals surface area contributed by atoms with Crippen LogP contribution in [0, 0.1) is 0 Å². The number of hydrogen-bond acceptors (Lipinski definition) is 5. The molecule has 0 aliphatic carbocycles. The molecule has 6 nitrogen and oxygen atoms in total. The minimum absolute atomic E-state index is 0.0270. The fourth-order valence-electron chi connectivity index (χ4n) is 3.54. The summed E-state index contributed by atoms with van der Waals surface area (Å²) in [5, 5.41) is 3.65.